The van der Waals surface area contributed by atoms with E-state index in [1.54, 1.807) is 0 Å². The van der Waals surface area contributed by atoms with E-state index in [9.17, 15) is 19.0 Å². The third-order valence-electron chi connectivity index (χ3n) is 17.2. The van der Waals surface area contributed by atoms with E-state index in [1.807, 2.05) is 0 Å². The predicted octanol–water partition coefficient (Wildman–Crippen LogP) is 26.4. The monoisotopic (exact) mass is 1320 g/mol. The number of carbonyl (C=O) groups excluding carboxylic acids is 2. The van der Waals surface area contributed by atoms with Crippen LogP contribution in [0.5, 0.6) is 0 Å². The van der Waals surface area contributed by atoms with Gasteiger partial charge in [-0.05, 0) is 83.5 Å². The summed E-state index contributed by atoms with van der Waals surface area (Å²) in [6.07, 6.45) is 108. The summed E-state index contributed by atoms with van der Waals surface area (Å²) in [4.78, 5) is 35.5. The van der Waals surface area contributed by atoms with Crippen LogP contribution in [0.3, 0.4) is 0 Å². The number of hydrogen-bond donors (Lipinski definition) is 2. The molecule has 2 unspecified atom stereocenters. The fraction of sp³-hybridized carbons (Fsp3) is 0.759. The van der Waals surface area contributed by atoms with Crippen LogP contribution in [-0.4, -0.2) is 49.3 Å². The van der Waals surface area contributed by atoms with E-state index in [0.29, 0.717) is 6.42 Å². The molecule has 10 heteroatoms. The number of allylic oxidation sites excluding steroid dienone is 18. The molecular weight excluding hydrogens is 1170 g/mol. The molecule has 3 N–H and O–H groups in total. The fourth-order valence-corrected chi connectivity index (χ4v) is 12.2. The van der Waals surface area contributed by atoms with Crippen molar-refractivity contribution < 1.29 is 37.6 Å². The second kappa shape index (κ2) is 77.7. The van der Waals surface area contributed by atoms with Gasteiger partial charge in [-0.3, -0.25) is 18.6 Å². The maximum Gasteiger partial charge on any atom is 0.472 e. The molecule has 0 saturated heterocycles. The van der Waals surface area contributed by atoms with Gasteiger partial charge >= 0.3 is 19.8 Å². The third-order valence-corrected chi connectivity index (χ3v) is 18.2. The Balaban J connectivity index is 3.84. The Labute approximate surface area is 575 Å². The Morgan fingerprint density at radius 1 is 0.333 bits per heavy atom. The van der Waals surface area contributed by atoms with Crippen molar-refractivity contribution in [2.75, 3.05) is 26.4 Å². The molecule has 9 nitrogen and oxygen atoms in total. The molecule has 93 heavy (non-hydrogen) atoms. The van der Waals surface area contributed by atoms with Crippen LogP contribution in [-0.2, 0) is 32.7 Å². The van der Waals surface area contributed by atoms with Gasteiger partial charge in [-0.25, -0.2) is 4.57 Å². The van der Waals surface area contributed by atoms with Gasteiger partial charge in [-0.2, -0.15) is 0 Å². The van der Waals surface area contributed by atoms with E-state index >= 15 is 0 Å². The number of phosphoric ester groups is 1. The second-order valence-electron chi connectivity index (χ2n) is 26.2. The average molecular weight is 1320 g/mol. The molecule has 0 spiro atoms. The van der Waals surface area contributed by atoms with Gasteiger partial charge in [0.15, 0.2) is 6.10 Å². The van der Waals surface area contributed by atoms with Crippen LogP contribution in [0.2, 0.25) is 0 Å². The van der Waals surface area contributed by atoms with Gasteiger partial charge in [0.05, 0.1) is 13.2 Å². The number of carbonyl (C=O) groups is 2. The molecule has 0 aromatic rings. The molecule has 0 fully saturated rings. The summed E-state index contributed by atoms with van der Waals surface area (Å²) in [6, 6.07) is 0. The van der Waals surface area contributed by atoms with Crippen molar-refractivity contribution in [1.82, 2.24) is 0 Å². The van der Waals surface area contributed by atoms with Crippen LogP contribution >= 0.6 is 7.82 Å². The van der Waals surface area contributed by atoms with Gasteiger partial charge in [0.25, 0.3) is 0 Å². The van der Waals surface area contributed by atoms with Crippen LogP contribution in [0.4, 0.5) is 0 Å². The maximum atomic E-state index is 12.8. The second-order valence-corrected chi connectivity index (χ2v) is 27.7. The topological polar surface area (TPSA) is 134 Å². The summed E-state index contributed by atoms with van der Waals surface area (Å²) in [5, 5.41) is 0. The van der Waals surface area contributed by atoms with Crippen molar-refractivity contribution in [3.8, 4) is 0 Å². The summed E-state index contributed by atoms with van der Waals surface area (Å²) in [7, 11) is -4.40. The van der Waals surface area contributed by atoms with Crippen LogP contribution < -0.4 is 5.73 Å². The molecule has 0 aliphatic carbocycles. The number of nitrogens with two attached hydrogens (primary N) is 1. The minimum Gasteiger partial charge on any atom is -0.462 e. The summed E-state index contributed by atoms with van der Waals surface area (Å²) in [5.41, 5.74) is 5.41. The molecule has 0 heterocycles. The highest BCUT2D eigenvalue weighted by molar-refractivity contribution is 7.47. The lowest BCUT2D eigenvalue weighted by Gasteiger charge is -2.19. The zero-order chi connectivity index (χ0) is 67.2. The van der Waals surface area contributed by atoms with Crippen LogP contribution in [0.25, 0.3) is 0 Å². The number of esters is 2. The number of phosphoric acid groups is 1. The zero-order valence-corrected chi connectivity index (χ0v) is 61.6. The van der Waals surface area contributed by atoms with Crippen LogP contribution in [0.1, 0.15) is 373 Å². The van der Waals surface area contributed by atoms with Gasteiger partial charge in [0.1, 0.15) is 6.61 Å². The molecule has 0 amide bonds. The van der Waals surface area contributed by atoms with Gasteiger partial charge in [0, 0.05) is 19.4 Å². The average Bonchev–Trinajstić information content (AvgIpc) is 3.49. The van der Waals surface area contributed by atoms with Crippen LogP contribution in [0, 0.1) is 0 Å². The first-order valence-corrected chi connectivity index (χ1v) is 40.9. The summed E-state index contributed by atoms with van der Waals surface area (Å²) >= 11 is 0. The molecule has 0 aromatic carbocycles. The Morgan fingerprint density at radius 2 is 0.591 bits per heavy atom. The molecule has 0 aliphatic heterocycles. The Morgan fingerprint density at radius 3 is 0.882 bits per heavy atom. The highest BCUT2D eigenvalue weighted by Crippen LogP contribution is 2.43. The molecule has 0 rings (SSSR count). The van der Waals surface area contributed by atoms with E-state index < -0.39 is 26.5 Å². The van der Waals surface area contributed by atoms with Crippen molar-refractivity contribution in [3.63, 3.8) is 0 Å². The summed E-state index contributed by atoms with van der Waals surface area (Å²) < 4.78 is 33.3. The third kappa shape index (κ3) is 77.6. The number of ether oxygens (including phenoxy) is 2. The van der Waals surface area contributed by atoms with E-state index in [1.165, 1.54) is 244 Å². The van der Waals surface area contributed by atoms with Crippen molar-refractivity contribution in [3.05, 3.63) is 109 Å². The van der Waals surface area contributed by atoms with Crippen LogP contribution in [0.15, 0.2) is 109 Å². The normalized spacial score (nSPS) is 13.5. The molecule has 0 aromatic heterocycles. The predicted molar refractivity (Wildman–Crippen MR) is 404 cm³/mol. The van der Waals surface area contributed by atoms with Crippen molar-refractivity contribution >= 4 is 19.8 Å². The highest BCUT2D eigenvalue weighted by atomic mass is 31.2. The fourth-order valence-electron chi connectivity index (χ4n) is 11.4. The maximum absolute atomic E-state index is 12.8. The Hall–Kier alpha value is -3.33. The zero-order valence-electron chi connectivity index (χ0n) is 60.7. The first-order valence-electron chi connectivity index (χ1n) is 39.4. The van der Waals surface area contributed by atoms with E-state index in [4.69, 9.17) is 24.3 Å². The summed E-state index contributed by atoms with van der Waals surface area (Å²) in [6.45, 7) is 3.68. The lowest BCUT2D eigenvalue weighted by molar-refractivity contribution is -0.161. The molecule has 0 saturated carbocycles. The largest absolute Gasteiger partial charge is 0.472 e. The minimum absolute atomic E-state index is 0.0517. The first kappa shape index (κ1) is 89.7. The first-order chi connectivity index (χ1) is 45.8. The molecule has 0 aliphatic rings. The van der Waals surface area contributed by atoms with Gasteiger partial charge in [0.2, 0.25) is 0 Å². The van der Waals surface area contributed by atoms with Crippen molar-refractivity contribution in [2.45, 2.75) is 380 Å². The molecule has 0 bridgehead atoms. The number of rotatable bonds is 74. The SMILES string of the molecule is CC/C=C\C/C=C\C/C=C\C/C=C\C/C=C\C/C=C\C/C=C\C/C=C\C/C=C\CCCCCCCCCCCCCCCC(=O)OC(COC(=O)CCCCCCCCCCCCCCCCCCCCCCCCCCCCCCCCC)COP(=O)(O)OCCN. The lowest BCUT2D eigenvalue weighted by Crippen LogP contribution is -2.29. The Bertz CT molecular complexity index is 1900. The minimum atomic E-state index is -4.40. The van der Waals surface area contributed by atoms with E-state index in [-0.39, 0.29) is 38.6 Å². The highest BCUT2D eigenvalue weighted by Gasteiger charge is 2.26. The number of hydrogen-bond acceptors (Lipinski definition) is 8. The molecule has 2 atom stereocenters. The standard InChI is InChI=1S/C83H148NO8P/c1-3-5-7-9-11-13-15-17-19-21-23-25-27-29-31-33-35-36-37-38-39-40-41-42-43-44-46-48-50-52-54-56-58-60-62-64-66-68-70-72-74-76-83(86)92-81(80-91-93(87,88)90-78-77-84)79-89-82(85)75-73-71-69-67-65-63-61-59-57-55-53-51-49-47-45-34-32-30-28-26-24-22-20-18-16-14-12-10-8-6-4-2/h5,7,11,13,17,19,23,25,29,31,35-36,38-39,41-42,44,46,81H,3-4,6,8-10,12,14-16,18,20-22,24,26-28,30,32-34,37,40,43,45,47-80,84H2,1-2H3,(H,87,88)/b7-5-,13-11-,19-17-,25-23-,31-29-,36-35-,39-38-,42-41-,46-44-. The van der Waals surface area contributed by atoms with Gasteiger partial charge < -0.3 is 20.1 Å². The lowest BCUT2D eigenvalue weighted by atomic mass is 10.0. The number of unbranched alkanes of at least 4 members (excludes halogenated alkanes) is 43. The Kier molecular flexibility index (Phi) is 74.9. The van der Waals surface area contributed by atoms with E-state index in [2.05, 4.69) is 123 Å². The molecule has 0 radical (unpaired) electrons. The van der Waals surface area contributed by atoms with E-state index in [0.717, 1.165) is 96.3 Å². The van der Waals surface area contributed by atoms with Gasteiger partial charge in [-0.15, -0.1) is 0 Å². The molecular formula is C83H148NO8P. The molecule has 538 valence electrons. The van der Waals surface area contributed by atoms with Crippen molar-refractivity contribution in [1.29, 1.82) is 0 Å². The smallest absolute Gasteiger partial charge is 0.462 e. The quantitative estimate of drug-likeness (QED) is 0.0264. The summed E-state index contributed by atoms with van der Waals surface area (Å²) in [5.74, 6) is -0.815. The van der Waals surface area contributed by atoms with Gasteiger partial charge in [-0.1, -0.05) is 386 Å². The van der Waals surface area contributed by atoms with Crippen molar-refractivity contribution in [2.24, 2.45) is 5.73 Å².